The molecule has 0 saturated heterocycles. The van der Waals surface area contributed by atoms with Crippen LogP contribution < -0.4 is 9.86 Å². The van der Waals surface area contributed by atoms with Crippen LogP contribution in [0.15, 0.2) is 52.3 Å². The van der Waals surface area contributed by atoms with Crippen LogP contribution in [0.1, 0.15) is 16.7 Å². The Labute approximate surface area is 136 Å². The van der Waals surface area contributed by atoms with Crippen molar-refractivity contribution in [3.05, 3.63) is 59.2 Å². The highest BCUT2D eigenvalue weighted by Crippen LogP contribution is 2.15. The second-order valence-corrected chi connectivity index (χ2v) is 8.59. The Bertz CT molecular complexity index is 918. The summed E-state index contributed by atoms with van der Waals surface area (Å²) in [5.74, 6) is 0. The number of nitrogens with two attached hydrogens (primary N) is 1. The zero-order valence-electron chi connectivity index (χ0n) is 12.8. The highest BCUT2D eigenvalue weighted by atomic mass is 32.2. The first kappa shape index (κ1) is 17.6. The first-order valence-electron chi connectivity index (χ1n) is 6.78. The molecular formula is C15H18N2O4S2. The molecule has 0 aliphatic carbocycles. The molecule has 8 heteroatoms. The van der Waals surface area contributed by atoms with E-state index in [1.54, 1.807) is 18.2 Å². The van der Waals surface area contributed by atoms with Gasteiger partial charge in [0, 0.05) is 6.54 Å². The monoisotopic (exact) mass is 354 g/mol. The van der Waals surface area contributed by atoms with Crippen LogP contribution in [0, 0.1) is 13.8 Å². The quantitative estimate of drug-likeness (QED) is 0.847. The van der Waals surface area contributed by atoms with Crippen LogP contribution in [0.5, 0.6) is 0 Å². The van der Waals surface area contributed by atoms with Crippen molar-refractivity contribution in [2.75, 3.05) is 0 Å². The second kappa shape index (κ2) is 6.40. The summed E-state index contributed by atoms with van der Waals surface area (Å²) < 4.78 is 49.4. The van der Waals surface area contributed by atoms with Crippen LogP contribution >= 0.6 is 0 Å². The van der Waals surface area contributed by atoms with Gasteiger partial charge in [0.1, 0.15) is 0 Å². The van der Waals surface area contributed by atoms with E-state index in [-0.39, 0.29) is 16.3 Å². The fourth-order valence-electron chi connectivity index (χ4n) is 1.94. The van der Waals surface area contributed by atoms with Crippen molar-refractivity contribution in [1.82, 2.24) is 4.72 Å². The van der Waals surface area contributed by atoms with E-state index in [0.717, 1.165) is 11.1 Å². The van der Waals surface area contributed by atoms with Crippen molar-refractivity contribution in [2.24, 2.45) is 5.14 Å². The summed E-state index contributed by atoms with van der Waals surface area (Å²) in [4.78, 5) is 0.181. The van der Waals surface area contributed by atoms with Gasteiger partial charge in [-0.25, -0.2) is 26.7 Å². The van der Waals surface area contributed by atoms with Gasteiger partial charge in [-0.2, -0.15) is 0 Å². The molecule has 3 N–H and O–H groups in total. The molecule has 0 aromatic heterocycles. The number of benzene rings is 2. The maximum atomic E-state index is 12.3. The molecule has 0 aliphatic rings. The third kappa shape index (κ3) is 4.38. The molecule has 0 saturated carbocycles. The van der Waals surface area contributed by atoms with Crippen molar-refractivity contribution < 1.29 is 16.8 Å². The Hall–Kier alpha value is -1.74. The standard InChI is InChI=1S/C15H18N2O4S2/c1-11-3-6-15(9-12(11)2)23(20,21)17-10-13-4-7-14(8-5-13)22(16,18)19/h3-9,17H,10H2,1-2H3,(H2,16,18,19). The van der Waals surface area contributed by atoms with Crippen LogP contribution in [0.3, 0.4) is 0 Å². The molecular weight excluding hydrogens is 336 g/mol. The SMILES string of the molecule is Cc1ccc(S(=O)(=O)NCc2ccc(S(N)(=O)=O)cc2)cc1C. The molecule has 6 nitrogen and oxygen atoms in total. The third-order valence-corrected chi connectivity index (χ3v) is 5.84. The van der Waals surface area contributed by atoms with Crippen molar-refractivity contribution in [3.63, 3.8) is 0 Å². The van der Waals surface area contributed by atoms with E-state index in [4.69, 9.17) is 5.14 Å². The predicted molar refractivity (Wildman–Crippen MR) is 87.8 cm³/mol. The molecule has 0 radical (unpaired) electrons. The minimum atomic E-state index is -3.75. The van der Waals surface area contributed by atoms with Gasteiger partial charge in [0.25, 0.3) is 0 Å². The lowest BCUT2D eigenvalue weighted by Crippen LogP contribution is -2.23. The molecule has 0 atom stereocenters. The Morgan fingerprint density at radius 3 is 1.96 bits per heavy atom. The number of primary sulfonamides is 1. The number of aryl methyl sites for hydroxylation is 2. The Morgan fingerprint density at radius 1 is 0.870 bits per heavy atom. The summed E-state index contributed by atoms with van der Waals surface area (Å²) in [6.07, 6.45) is 0. The van der Waals surface area contributed by atoms with Crippen LogP contribution in [-0.2, 0) is 26.6 Å². The van der Waals surface area contributed by atoms with E-state index in [9.17, 15) is 16.8 Å². The second-order valence-electron chi connectivity index (χ2n) is 5.26. The first-order valence-corrected chi connectivity index (χ1v) is 9.81. The van der Waals surface area contributed by atoms with Gasteiger partial charge >= 0.3 is 0 Å². The van der Waals surface area contributed by atoms with E-state index in [2.05, 4.69) is 4.72 Å². The minimum Gasteiger partial charge on any atom is -0.225 e. The van der Waals surface area contributed by atoms with Gasteiger partial charge in [-0.05, 0) is 54.8 Å². The fourth-order valence-corrected chi connectivity index (χ4v) is 3.56. The number of sulfonamides is 2. The molecule has 23 heavy (non-hydrogen) atoms. The van der Waals surface area contributed by atoms with Crippen molar-refractivity contribution in [2.45, 2.75) is 30.2 Å². The average Bonchev–Trinajstić information content (AvgIpc) is 2.47. The summed E-state index contributed by atoms with van der Waals surface area (Å²) in [6, 6.07) is 10.6. The molecule has 2 rings (SSSR count). The highest BCUT2D eigenvalue weighted by molar-refractivity contribution is 7.89. The third-order valence-electron chi connectivity index (χ3n) is 3.51. The smallest absolute Gasteiger partial charge is 0.225 e. The van der Waals surface area contributed by atoms with Crippen LogP contribution in [0.25, 0.3) is 0 Å². The Kier molecular flexibility index (Phi) is 4.90. The lowest BCUT2D eigenvalue weighted by Gasteiger charge is -2.09. The van der Waals surface area contributed by atoms with Crippen molar-refractivity contribution in [3.8, 4) is 0 Å². The van der Waals surface area contributed by atoms with Crippen LogP contribution in [0.4, 0.5) is 0 Å². The van der Waals surface area contributed by atoms with Gasteiger partial charge in [-0.3, -0.25) is 0 Å². The highest BCUT2D eigenvalue weighted by Gasteiger charge is 2.14. The van der Waals surface area contributed by atoms with E-state index in [1.807, 2.05) is 13.8 Å². The molecule has 0 aliphatic heterocycles. The summed E-state index contributed by atoms with van der Waals surface area (Å²) in [5, 5.41) is 5.01. The first-order chi connectivity index (χ1) is 10.6. The molecule has 0 spiro atoms. The molecule has 0 bridgehead atoms. The fraction of sp³-hybridized carbons (Fsp3) is 0.200. The van der Waals surface area contributed by atoms with Gasteiger partial charge < -0.3 is 0 Å². The largest absolute Gasteiger partial charge is 0.240 e. The van der Waals surface area contributed by atoms with E-state index < -0.39 is 20.0 Å². The van der Waals surface area contributed by atoms with Crippen LogP contribution in [0.2, 0.25) is 0 Å². The van der Waals surface area contributed by atoms with Gasteiger partial charge in [-0.1, -0.05) is 18.2 Å². The zero-order chi connectivity index (χ0) is 17.3. The average molecular weight is 354 g/mol. The Morgan fingerprint density at radius 2 is 1.43 bits per heavy atom. The van der Waals surface area contributed by atoms with Gasteiger partial charge in [0.05, 0.1) is 9.79 Å². The lowest BCUT2D eigenvalue weighted by atomic mass is 10.1. The van der Waals surface area contributed by atoms with E-state index in [1.165, 1.54) is 24.3 Å². The summed E-state index contributed by atoms with van der Waals surface area (Å²) in [5.41, 5.74) is 2.54. The normalized spacial score (nSPS) is 12.3. The molecule has 124 valence electrons. The van der Waals surface area contributed by atoms with Gasteiger partial charge in [0.2, 0.25) is 20.0 Å². The van der Waals surface area contributed by atoms with Crippen LogP contribution in [-0.4, -0.2) is 16.8 Å². The maximum Gasteiger partial charge on any atom is 0.240 e. The molecule has 2 aromatic rings. The van der Waals surface area contributed by atoms with Crippen molar-refractivity contribution >= 4 is 20.0 Å². The number of rotatable bonds is 5. The van der Waals surface area contributed by atoms with E-state index >= 15 is 0 Å². The minimum absolute atomic E-state index is 0.0155. The number of hydrogen-bond acceptors (Lipinski definition) is 4. The van der Waals surface area contributed by atoms with Gasteiger partial charge in [-0.15, -0.1) is 0 Å². The molecule has 0 unspecified atom stereocenters. The molecule has 0 heterocycles. The van der Waals surface area contributed by atoms with Gasteiger partial charge in [0.15, 0.2) is 0 Å². The number of hydrogen-bond donors (Lipinski definition) is 2. The molecule has 0 fully saturated rings. The zero-order valence-corrected chi connectivity index (χ0v) is 14.4. The maximum absolute atomic E-state index is 12.3. The molecule has 0 amide bonds. The van der Waals surface area contributed by atoms with E-state index in [0.29, 0.717) is 5.56 Å². The Balaban J connectivity index is 2.14. The predicted octanol–water partition coefficient (Wildman–Crippen LogP) is 1.43. The number of nitrogens with one attached hydrogen (secondary N) is 1. The molecule has 2 aromatic carbocycles. The topological polar surface area (TPSA) is 106 Å². The summed E-state index contributed by atoms with van der Waals surface area (Å²) >= 11 is 0. The lowest BCUT2D eigenvalue weighted by molar-refractivity contribution is 0.580. The summed E-state index contributed by atoms with van der Waals surface area (Å²) in [7, 11) is -7.38. The summed E-state index contributed by atoms with van der Waals surface area (Å²) in [6.45, 7) is 3.81. The van der Waals surface area contributed by atoms with Crippen molar-refractivity contribution in [1.29, 1.82) is 0 Å².